The number of hydrogen-bond acceptors (Lipinski definition) is 3. The molecule has 3 heteroatoms. The molecule has 0 aliphatic carbocycles. The van der Waals surface area contributed by atoms with Gasteiger partial charge in [-0.1, -0.05) is 12.1 Å². The molecular formula is C15H18N2O. The number of pyridine rings is 1. The summed E-state index contributed by atoms with van der Waals surface area (Å²) in [6.07, 6.45) is 1.80. The van der Waals surface area contributed by atoms with E-state index in [1.54, 1.807) is 13.3 Å². The van der Waals surface area contributed by atoms with E-state index in [2.05, 4.69) is 23.3 Å². The van der Waals surface area contributed by atoms with Crippen LogP contribution in [-0.2, 0) is 0 Å². The summed E-state index contributed by atoms with van der Waals surface area (Å²) in [7, 11) is 1.68. The molecule has 94 valence electrons. The normalized spacial score (nSPS) is 11.9. The molecule has 0 fully saturated rings. The second-order valence-electron chi connectivity index (χ2n) is 4.28. The molecule has 0 amide bonds. The Balaban J connectivity index is 2.16. The molecule has 1 atom stereocenters. The highest BCUT2D eigenvalue weighted by Gasteiger charge is 2.07. The van der Waals surface area contributed by atoms with Gasteiger partial charge in [0.1, 0.15) is 5.75 Å². The second-order valence-corrected chi connectivity index (χ2v) is 4.28. The molecule has 0 aliphatic heterocycles. The molecule has 1 heterocycles. The van der Waals surface area contributed by atoms with Crippen LogP contribution in [0, 0.1) is 6.92 Å². The third kappa shape index (κ3) is 2.80. The summed E-state index contributed by atoms with van der Waals surface area (Å²) in [5.41, 5.74) is 3.26. The van der Waals surface area contributed by atoms with Gasteiger partial charge in [-0.25, -0.2) is 0 Å². The Hall–Kier alpha value is -2.03. The number of aryl methyl sites for hydroxylation is 1. The van der Waals surface area contributed by atoms with Gasteiger partial charge in [0, 0.05) is 12.2 Å². The zero-order valence-electron chi connectivity index (χ0n) is 11.0. The molecule has 1 aromatic heterocycles. The fourth-order valence-corrected chi connectivity index (χ4v) is 1.86. The lowest BCUT2D eigenvalue weighted by Crippen LogP contribution is -2.08. The molecule has 0 saturated carbocycles. The SMILES string of the molecule is COc1cccc(C(C)Nc2cccnc2C)c1. The molecule has 1 aromatic carbocycles. The van der Waals surface area contributed by atoms with Gasteiger partial charge in [-0.15, -0.1) is 0 Å². The summed E-state index contributed by atoms with van der Waals surface area (Å²) in [4.78, 5) is 4.27. The number of methoxy groups -OCH3 is 1. The molecule has 18 heavy (non-hydrogen) atoms. The summed E-state index contributed by atoms with van der Waals surface area (Å²) in [6.45, 7) is 4.13. The van der Waals surface area contributed by atoms with E-state index in [0.29, 0.717) is 0 Å². The topological polar surface area (TPSA) is 34.1 Å². The number of benzene rings is 1. The first kappa shape index (κ1) is 12.4. The van der Waals surface area contributed by atoms with E-state index in [4.69, 9.17) is 4.74 Å². The first-order valence-corrected chi connectivity index (χ1v) is 6.03. The van der Waals surface area contributed by atoms with E-state index in [0.717, 1.165) is 17.1 Å². The van der Waals surface area contributed by atoms with Gasteiger partial charge < -0.3 is 10.1 Å². The number of nitrogens with one attached hydrogen (secondary N) is 1. The molecule has 0 radical (unpaired) electrons. The molecule has 0 saturated heterocycles. The first-order chi connectivity index (χ1) is 8.70. The summed E-state index contributed by atoms with van der Waals surface area (Å²) in [5.74, 6) is 0.879. The number of hydrogen-bond donors (Lipinski definition) is 1. The third-order valence-electron chi connectivity index (χ3n) is 2.97. The van der Waals surface area contributed by atoms with Crippen molar-refractivity contribution in [1.29, 1.82) is 0 Å². The Morgan fingerprint density at radius 2 is 2.06 bits per heavy atom. The van der Waals surface area contributed by atoms with Crippen LogP contribution >= 0.6 is 0 Å². The highest BCUT2D eigenvalue weighted by Crippen LogP contribution is 2.23. The van der Waals surface area contributed by atoms with Gasteiger partial charge in [0.25, 0.3) is 0 Å². The minimum atomic E-state index is 0.211. The van der Waals surface area contributed by atoms with E-state index in [1.807, 2.05) is 37.3 Å². The van der Waals surface area contributed by atoms with Crippen molar-refractivity contribution < 1.29 is 4.74 Å². The van der Waals surface area contributed by atoms with Crippen molar-refractivity contribution in [2.75, 3.05) is 12.4 Å². The smallest absolute Gasteiger partial charge is 0.119 e. The van der Waals surface area contributed by atoms with Gasteiger partial charge in [-0.2, -0.15) is 0 Å². The fraction of sp³-hybridized carbons (Fsp3) is 0.267. The first-order valence-electron chi connectivity index (χ1n) is 6.03. The quantitative estimate of drug-likeness (QED) is 0.890. The molecule has 0 bridgehead atoms. The van der Waals surface area contributed by atoms with Crippen LogP contribution in [0.5, 0.6) is 5.75 Å². The van der Waals surface area contributed by atoms with Crippen LogP contribution in [0.15, 0.2) is 42.6 Å². The van der Waals surface area contributed by atoms with Crippen molar-refractivity contribution in [2.45, 2.75) is 19.9 Å². The Labute approximate surface area is 108 Å². The third-order valence-corrected chi connectivity index (χ3v) is 2.97. The van der Waals surface area contributed by atoms with E-state index in [-0.39, 0.29) is 6.04 Å². The number of nitrogens with zero attached hydrogens (tertiary/aromatic N) is 1. The van der Waals surface area contributed by atoms with Crippen molar-refractivity contribution in [2.24, 2.45) is 0 Å². The highest BCUT2D eigenvalue weighted by molar-refractivity contribution is 5.49. The predicted octanol–water partition coefficient (Wildman–Crippen LogP) is 3.57. The lowest BCUT2D eigenvalue weighted by atomic mass is 10.1. The molecule has 0 spiro atoms. The monoisotopic (exact) mass is 242 g/mol. The van der Waals surface area contributed by atoms with Crippen molar-refractivity contribution in [3.8, 4) is 5.75 Å². The minimum absolute atomic E-state index is 0.211. The molecule has 3 nitrogen and oxygen atoms in total. The Morgan fingerprint density at radius 1 is 1.22 bits per heavy atom. The van der Waals surface area contributed by atoms with E-state index >= 15 is 0 Å². The summed E-state index contributed by atoms with van der Waals surface area (Å²) >= 11 is 0. The minimum Gasteiger partial charge on any atom is -0.497 e. The number of ether oxygens (including phenoxy) is 1. The second kappa shape index (κ2) is 5.54. The lowest BCUT2D eigenvalue weighted by Gasteiger charge is -2.17. The van der Waals surface area contributed by atoms with Gasteiger partial charge in [-0.3, -0.25) is 4.98 Å². The van der Waals surface area contributed by atoms with Crippen LogP contribution in [0.1, 0.15) is 24.2 Å². The summed E-state index contributed by atoms with van der Waals surface area (Å²) in [6, 6.07) is 12.3. The largest absolute Gasteiger partial charge is 0.497 e. The maximum Gasteiger partial charge on any atom is 0.119 e. The molecular weight excluding hydrogens is 224 g/mol. The van der Waals surface area contributed by atoms with Crippen molar-refractivity contribution in [3.63, 3.8) is 0 Å². The van der Waals surface area contributed by atoms with Crippen LogP contribution in [0.3, 0.4) is 0 Å². The van der Waals surface area contributed by atoms with Crippen LogP contribution in [0.4, 0.5) is 5.69 Å². The maximum absolute atomic E-state index is 5.24. The molecule has 0 aliphatic rings. The van der Waals surface area contributed by atoms with Crippen molar-refractivity contribution in [1.82, 2.24) is 4.98 Å². The zero-order valence-corrected chi connectivity index (χ0v) is 11.0. The zero-order chi connectivity index (χ0) is 13.0. The van der Waals surface area contributed by atoms with Gasteiger partial charge in [-0.05, 0) is 43.7 Å². The number of aromatic nitrogens is 1. The van der Waals surface area contributed by atoms with E-state index < -0.39 is 0 Å². The van der Waals surface area contributed by atoms with Crippen molar-refractivity contribution in [3.05, 3.63) is 53.9 Å². The number of rotatable bonds is 4. The molecule has 1 unspecified atom stereocenters. The predicted molar refractivity (Wildman–Crippen MR) is 74.0 cm³/mol. The molecule has 1 N–H and O–H groups in total. The van der Waals surface area contributed by atoms with Gasteiger partial charge >= 0.3 is 0 Å². The standard InChI is InChI=1S/C15H18N2O/c1-11(13-6-4-7-14(10-13)18-3)17-15-8-5-9-16-12(15)2/h4-11,17H,1-3H3. The molecule has 2 aromatic rings. The van der Waals surface area contributed by atoms with Crippen LogP contribution in [-0.4, -0.2) is 12.1 Å². The summed E-state index contributed by atoms with van der Waals surface area (Å²) < 4.78 is 5.24. The van der Waals surface area contributed by atoms with Gasteiger partial charge in [0.05, 0.1) is 18.5 Å². The Bertz CT molecular complexity index is 525. The van der Waals surface area contributed by atoms with Crippen molar-refractivity contribution >= 4 is 5.69 Å². The van der Waals surface area contributed by atoms with Gasteiger partial charge in [0.15, 0.2) is 0 Å². The average molecular weight is 242 g/mol. The highest BCUT2D eigenvalue weighted by atomic mass is 16.5. The summed E-state index contributed by atoms with van der Waals surface area (Å²) in [5, 5.41) is 3.46. The van der Waals surface area contributed by atoms with Crippen LogP contribution in [0.2, 0.25) is 0 Å². The fourth-order valence-electron chi connectivity index (χ4n) is 1.86. The van der Waals surface area contributed by atoms with E-state index in [9.17, 15) is 0 Å². The lowest BCUT2D eigenvalue weighted by molar-refractivity contribution is 0.414. The molecule has 2 rings (SSSR count). The number of anilines is 1. The van der Waals surface area contributed by atoms with Crippen LogP contribution in [0.25, 0.3) is 0 Å². The Kier molecular flexibility index (Phi) is 3.82. The van der Waals surface area contributed by atoms with E-state index in [1.165, 1.54) is 5.56 Å². The maximum atomic E-state index is 5.24. The van der Waals surface area contributed by atoms with Crippen LogP contribution < -0.4 is 10.1 Å². The average Bonchev–Trinajstić information content (AvgIpc) is 2.41. The Morgan fingerprint density at radius 3 is 2.78 bits per heavy atom. The van der Waals surface area contributed by atoms with Gasteiger partial charge in [0.2, 0.25) is 0 Å².